The van der Waals surface area contributed by atoms with Gasteiger partial charge >= 0.3 is 5.97 Å². The molecule has 104 valence electrons. The van der Waals surface area contributed by atoms with Crippen molar-refractivity contribution in [3.63, 3.8) is 0 Å². The lowest BCUT2D eigenvalue weighted by atomic mass is 10.1. The van der Waals surface area contributed by atoms with Crippen molar-refractivity contribution in [1.82, 2.24) is 9.88 Å². The van der Waals surface area contributed by atoms with Crippen LogP contribution in [-0.4, -0.2) is 40.0 Å². The summed E-state index contributed by atoms with van der Waals surface area (Å²) in [4.78, 5) is 27.5. The van der Waals surface area contributed by atoms with Gasteiger partial charge in [0.05, 0.1) is 5.92 Å². The number of fused-ring (bicyclic) bond motifs is 1. The lowest BCUT2D eigenvalue weighted by molar-refractivity contribution is -0.141. The highest BCUT2D eigenvalue weighted by Crippen LogP contribution is 2.22. The van der Waals surface area contributed by atoms with E-state index in [2.05, 4.69) is 4.98 Å². The molecule has 1 unspecified atom stereocenters. The van der Waals surface area contributed by atoms with Crippen molar-refractivity contribution >= 4 is 22.8 Å². The van der Waals surface area contributed by atoms with Crippen molar-refractivity contribution in [2.24, 2.45) is 5.92 Å². The molecule has 1 aliphatic heterocycles. The molecule has 2 aromatic rings. The van der Waals surface area contributed by atoms with Crippen LogP contribution in [-0.2, 0) is 4.79 Å². The van der Waals surface area contributed by atoms with Crippen molar-refractivity contribution < 1.29 is 19.1 Å². The topological polar surface area (TPSA) is 73.4 Å². The van der Waals surface area contributed by atoms with E-state index in [1.165, 1.54) is 17.0 Å². The normalized spacial score (nSPS) is 18.6. The summed E-state index contributed by atoms with van der Waals surface area (Å²) in [7, 11) is 0. The molecule has 5 nitrogen and oxygen atoms in total. The maximum Gasteiger partial charge on any atom is 0.308 e. The first-order chi connectivity index (χ1) is 9.56. The monoisotopic (exact) mass is 276 g/mol. The Balaban J connectivity index is 1.86. The molecule has 0 bridgehead atoms. The van der Waals surface area contributed by atoms with Gasteiger partial charge in [-0.05, 0) is 24.6 Å². The number of rotatable bonds is 2. The number of halogens is 1. The van der Waals surface area contributed by atoms with E-state index < -0.39 is 11.9 Å². The number of hydrogen-bond acceptors (Lipinski definition) is 2. The third-order valence-corrected chi connectivity index (χ3v) is 3.67. The molecule has 1 aliphatic rings. The summed E-state index contributed by atoms with van der Waals surface area (Å²) in [5.74, 6) is -2.07. The van der Waals surface area contributed by atoms with Crippen molar-refractivity contribution in [3.05, 3.63) is 35.8 Å². The summed E-state index contributed by atoms with van der Waals surface area (Å²) in [6.07, 6.45) is 0.454. The summed E-state index contributed by atoms with van der Waals surface area (Å²) >= 11 is 0. The zero-order valence-corrected chi connectivity index (χ0v) is 10.6. The first-order valence-corrected chi connectivity index (χ1v) is 6.35. The number of aliphatic carboxylic acids is 1. The molecule has 1 saturated heterocycles. The molecular formula is C14H13FN2O3. The number of aromatic nitrogens is 1. The molecule has 1 atom stereocenters. The molecule has 20 heavy (non-hydrogen) atoms. The van der Waals surface area contributed by atoms with Crippen LogP contribution >= 0.6 is 0 Å². The van der Waals surface area contributed by atoms with E-state index in [0.29, 0.717) is 23.9 Å². The smallest absolute Gasteiger partial charge is 0.308 e. The molecule has 6 heteroatoms. The SMILES string of the molecule is O=C(O)C1CCN(C(=O)c2cc3c(F)cccc3[nH]2)C1. The Hall–Kier alpha value is -2.37. The molecule has 1 aromatic heterocycles. The lowest BCUT2D eigenvalue weighted by Gasteiger charge is -2.14. The Morgan fingerprint density at radius 2 is 2.20 bits per heavy atom. The van der Waals surface area contributed by atoms with Gasteiger partial charge in [0, 0.05) is 24.0 Å². The lowest BCUT2D eigenvalue weighted by Crippen LogP contribution is -2.30. The number of aromatic amines is 1. The Kier molecular flexibility index (Phi) is 2.93. The highest BCUT2D eigenvalue weighted by atomic mass is 19.1. The number of carbonyl (C=O) groups is 2. The Morgan fingerprint density at radius 3 is 2.85 bits per heavy atom. The summed E-state index contributed by atoms with van der Waals surface area (Å²) in [6.45, 7) is 0.611. The molecule has 1 fully saturated rings. The van der Waals surface area contributed by atoms with Crippen LogP contribution in [0.4, 0.5) is 4.39 Å². The average molecular weight is 276 g/mol. The van der Waals surface area contributed by atoms with Gasteiger partial charge in [-0.15, -0.1) is 0 Å². The number of hydrogen-bond donors (Lipinski definition) is 2. The van der Waals surface area contributed by atoms with E-state index in [0.717, 1.165) is 0 Å². The minimum absolute atomic E-state index is 0.200. The van der Waals surface area contributed by atoms with E-state index in [1.807, 2.05) is 0 Å². The largest absolute Gasteiger partial charge is 0.481 e. The van der Waals surface area contributed by atoms with Crippen molar-refractivity contribution in [3.8, 4) is 0 Å². The van der Waals surface area contributed by atoms with Gasteiger partial charge in [-0.2, -0.15) is 0 Å². The van der Waals surface area contributed by atoms with Crippen molar-refractivity contribution in [2.75, 3.05) is 13.1 Å². The van der Waals surface area contributed by atoms with Gasteiger partial charge in [0.25, 0.3) is 5.91 Å². The van der Waals surface area contributed by atoms with Crippen LogP contribution < -0.4 is 0 Å². The second-order valence-corrected chi connectivity index (χ2v) is 4.96. The summed E-state index contributed by atoms with van der Waals surface area (Å²) in [5, 5.41) is 9.30. The van der Waals surface area contributed by atoms with Crippen molar-refractivity contribution in [2.45, 2.75) is 6.42 Å². The number of carboxylic acids is 1. The number of nitrogens with one attached hydrogen (secondary N) is 1. The summed E-state index contributed by atoms with van der Waals surface area (Å²) in [6, 6.07) is 6.07. The van der Waals surface area contributed by atoms with Crippen LogP contribution in [0.1, 0.15) is 16.9 Å². The predicted octanol–water partition coefficient (Wildman–Crippen LogP) is 1.85. The van der Waals surface area contributed by atoms with Crippen LogP contribution in [0.2, 0.25) is 0 Å². The minimum Gasteiger partial charge on any atom is -0.481 e. The van der Waals surface area contributed by atoms with E-state index in [-0.39, 0.29) is 24.0 Å². The van der Waals surface area contributed by atoms with Gasteiger partial charge in [0.15, 0.2) is 0 Å². The molecule has 1 aromatic carbocycles. The highest BCUT2D eigenvalue weighted by molar-refractivity contribution is 5.98. The molecule has 2 heterocycles. The molecule has 1 amide bonds. The molecule has 2 N–H and O–H groups in total. The molecular weight excluding hydrogens is 263 g/mol. The van der Waals surface area contributed by atoms with Gasteiger partial charge in [-0.25, -0.2) is 4.39 Å². The van der Waals surface area contributed by atoms with Gasteiger partial charge in [-0.1, -0.05) is 6.07 Å². The second-order valence-electron chi connectivity index (χ2n) is 4.96. The van der Waals surface area contributed by atoms with Crippen LogP contribution in [0.3, 0.4) is 0 Å². The van der Waals surface area contributed by atoms with E-state index >= 15 is 0 Å². The number of carboxylic acid groups (broad SMARTS) is 1. The van der Waals surface area contributed by atoms with Gasteiger partial charge in [0.1, 0.15) is 11.5 Å². The fraction of sp³-hybridized carbons (Fsp3) is 0.286. The second kappa shape index (κ2) is 4.63. The zero-order chi connectivity index (χ0) is 14.3. The van der Waals surface area contributed by atoms with E-state index in [1.54, 1.807) is 12.1 Å². The molecule has 0 saturated carbocycles. The van der Waals surface area contributed by atoms with Crippen LogP contribution in [0.5, 0.6) is 0 Å². The average Bonchev–Trinajstić information content (AvgIpc) is 3.05. The number of amides is 1. The standard InChI is InChI=1S/C14H13FN2O3/c15-10-2-1-3-11-9(10)6-12(16-11)13(18)17-5-4-8(7-17)14(19)20/h1-3,6,8,16H,4-5,7H2,(H,19,20). The van der Waals surface area contributed by atoms with Crippen LogP contribution in [0, 0.1) is 11.7 Å². The van der Waals surface area contributed by atoms with E-state index in [4.69, 9.17) is 5.11 Å². The third-order valence-electron chi connectivity index (χ3n) is 3.67. The van der Waals surface area contributed by atoms with Gasteiger partial charge < -0.3 is 15.0 Å². The number of likely N-dealkylation sites (tertiary alicyclic amines) is 1. The maximum atomic E-state index is 13.6. The minimum atomic E-state index is -0.886. The Bertz CT molecular complexity index is 695. The molecule has 0 spiro atoms. The number of nitrogens with zero attached hydrogens (tertiary/aromatic N) is 1. The number of carbonyl (C=O) groups excluding carboxylic acids is 1. The molecule has 0 aliphatic carbocycles. The first kappa shape index (κ1) is 12.7. The zero-order valence-electron chi connectivity index (χ0n) is 10.6. The first-order valence-electron chi connectivity index (χ1n) is 6.35. The third kappa shape index (κ3) is 2.03. The van der Waals surface area contributed by atoms with Crippen molar-refractivity contribution in [1.29, 1.82) is 0 Å². The quantitative estimate of drug-likeness (QED) is 0.879. The molecule has 0 radical (unpaired) electrons. The number of H-pyrrole nitrogens is 1. The van der Waals surface area contributed by atoms with Crippen LogP contribution in [0.15, 0.2) is 24.3 Å². The predicted molar refractivity (Wildman–Crippen MR) is 69.9 cm³/mol. The molecule has 3 rings (SSSR count). The number of benzene rings is 1. The summed E-state index contributed by atoms with van der Waals surface area (Å²) in [5.41, 5.74) is 0.846. The van der Waals surface area contributed by atoms with Crippen LogP contribution in [0.25, 0.3) is 10.9 Å². The summed E-state index contributed by atoms with van der Waals surface area (Å²) < 4.78 is 13.6. The highest BCUT2D eigenvalue weighted by Gasteiger charge is 2.31. The Labute approximate surface area is 114 Å². The van der Waals surface area contributed by atoms with E-state index in [9.17, 15) is 14.0 Å². The van der Waals surface area contributed by atoms with Gasteiger partial charge in [0.2, 0.25) is 0 Å². The Morgan fingerprint density at radius 1 is 1.40 bits per heavy atom. The fourth-order valence-electron chi connectivity index (χ4n) is 2.55. The van der Waals surface area contributed by atoms with Gasteiger partial charge in [-0.3, -0.25) is 9.59 Å². The fourth-order valence-corrected chi connectivity index (χ4v) is 2.55. The maximum absolute atomic E-state index is 13.6.